The van der Waals surface area contributed by atoms with Gasteiger partial charge in [0.25, 0.3) is 10.0 Å². The van der Waals surface area contributed by atoms with Crippen LogP contribution >= 0.6 is 39.1 Å². The van der Waals surface area contributed by atoms with Gasteiger partial charge in [-0.2, -0.15) is 0 Å². The predicted octanol–water partition coefficient (Wildman–Crippen LogP) is 3.07. The molecule has 0 saturated heterocycles. The molecule has 0 fully saturated rings. The average Bonchev–Trinajstić information content (AvgIpc) is 2.39. The highest BCUT2D eigenvalue weighted by Gasteiger charge is 2.22. The quantitative estimate of drug-likeness (QED) is 0.592. The third-order valence-corrected chi connectivity index (χ3v) is 5.06. The van der Waals surface area contributed by atoms with Crippen LogP contribution in [0.4, 0.5) is 15.9 Å². The lowest BCUT2D eigenvalue weighted by atomic mass is 10.3. The fourth-order valence-corrected chi connectivity index (χ4v) is 3.37. The number of nitrogen functional groups attached to an aromatic ring is 1. The molecule has 112 valence electrons. The molecule has 0 unspecified atom stereocenters. The van der Waals surface area contributed by atoms with E-state index >= 15 is 0 Å². The smallest absolute Gasteiger partial charge is 0.265 e. The maximum absolute atomic E-state index is 13.3. The van der Waals surface area contributed by atoms with Gasteiger partial charge in [-0.15, -0.1) is 0 Å². The Kier molecular flexibility index (Phi) is 4.57. The van der Waals surface area contributed by atoms with Crippen LogP contribution < -0.4 is 10.5 Å². The second-order valence-electron chi connectivity index (χ2n) is 3.74. The van der Waals surface area contributed by atoms with Crippen molar-refractivity contribution in [3.8, 4) is 0 Å². The van der Waals surface area contributed by atoms with E-state index in [1.807, 2.05) is 0 Å². The highest BCUT2D eigenvalue weighted by atomic mass is 79.9. The van der Waals surface area contributed by atoms with Crippen LogP contribution in [-0.4, -0.2) is 18.4 Å². The Morgan fingerprint density at radius 3 is 2.62 bits per heavy atom. The van der Waals surface area contributed by atoms with Gasteiger partial charge < -0.3 is 5.73 Å². The number of hydrogen-bond donors (Lipinski definition) is 2. The van der Waals surface area contributed by atoms with Gasteiger partial charge in [-0.05, 0) is 28.1 Å². The van der Waals surface area contributed by atoms with Gasteiger partial charge >= 0.3 is 0 Å². The van der Waals surface area contributed by atoms with Crippen molar-refractivity contribution in [1.82, 2.24) is 9.97 Å². The van der Waals surface area contributed by atoms with Gasteiger partial charge in [-0.3, -0.25) is 4.72 Å². The molecule has 2 rings (SSSR count). The van der Waals surface area contributed by atoms with E-state index in [9.17, 15) is 12.8 Å². The number of aromatic nitrogens is 2. The Bertz CT molecular complexity index is 819. The molecule has 6 nitrogen and oxygen atoms in total. The lowest BCUT2D eigenvalue weighted by Crippen LogP contribution is -2.16. The van der Waals surface area contributed by atoms with E-state index in [-0.39, 0.29) is 31.0 Å². The molecule has 1 aromatic heterocycles. The van der Waals surface area contributed by atoms with Crippen molar-refractivity contribution in [2.75, 3.05) is 10.5 Å². The molecule has 0 bridgehead atoms. The van der Waals surface area contributed by atoms with Crippen molar-refractivity contribution in [3.63, 3.8) is 0 Å². The highest BCUT2D eigenvalue weighted by molar-refractivity contribution is 9.10. The fourth-order valence-electron chi connectivity index (χ4n) is 1.38. The topological polar surface area (TPSA) is 98.0 Å². The minimum absolute atomic E-state index is 0.0520. The third-order valence-electron chi connectivity index (χ3n) is 2.32. The van der Waals surface area contributed by atoms with Crippen LogP contribution in [0.25, 0.3) is 0 Å². The number of benzene rings is 1. The Balaban J connectivity index is 2.48. The summed E-state index contributed by atoms with van der Waals surface area (Å²) in [5, 5.41) is -0.278. The molecule has 0 aliphatic rings. The number of rotatable bonds is 3. The normalized spacial score (nSPS) is 11.4. The average molecular weight is 416 g/mol. The molecular formula is C10H6BrCl2FN4O2S. The first kappa shape index (κ1) is 16.2. The fraction of sp³-hybridized carbons (Fsp3) is 0. The van der Waals surface area contributed by atoms with Gasteiger partial charge in [0.05, 0.1) is 10.2 Å². The lowest BCUT2D eigenvalue weighted by Gasteiger charge is -2.11. The van der Waals surface area contributed by atoms with E-state index in [4.69, 9.17) is 28.9 Å². The van der Waals surface area contributed by atoms with Crippen LogP contribution in [0.15, 0.2) is 27.8 Å². The number of nitrogens with zero attached hydrogens (tertiary/aromatic N) is 2. The van der Waals surface area contributed by atoms with E-state index in [1.165, 1.54) is 0 Å². The Hall–Kier alpha value is -1.16. The number of halogens is 4. The molecule has 2 aromatic rings. The molecule has 0 saturated carbocycles. The first-order valence-electron chi connectivity index (χ1n) is 5.15. The van der Waals surface area contributed by atoms with Crippen molar-refractivity contribution in [2.24, 2.45) is 0 Å². The number of sulfonamides is 1. The second-order valence-corrected chi connectivity index (χ2v) is 6.98. The van der Waals surface area contributed by atoms with Crippen LogP contribution in [0.3, 0.4) is 0 Å². The zero-order chi connectivity index (χ0) is 15.8. The third kappa shape index (κ3) is 3.37. The summed E-state index contributed by atoms with van der Waals surface area (Å²) in [7, 11) is -4.13. The molecule has 11 heteroatoms. The van der Waals surface area contributed by atoms with Crippen molar-refractivity contribution >= 4 is 60.7 Å². The molecule has 1 aromatic carbocycles. The van der Waals surface area contributed by atoms with Crippen molar-refractivity contribution in [1.29, 1.82) is 0 Å². The Labute approximate surface area is 137 Å². The summed E-state index contributed by atoms with van der Waals surface area (Å²) in [5.74, 6) is -0.897. The summed E-state index contributed by atoms with van der Waals surface area (Å²) in [6, 6.07) is 1.91. The molecule has 0 amide bonds. The van der Waals surface area contributed by atoms with Crippen LogP contribution in [-0.2, 0) is 10.0 Å². The predicted molar refractivity (Wildman–Crippen MR) is 81.4 cm³/mol. The Morgan fingerprint density at radius 1 is 1.29 bits per heavy atom. The van der Waals surface area contributed by atoms with Gasteiger partial charge in [0.15, 0.2) is 11.0 Å². The number of nitrogens with two attached hydrogens (primary N) is 1. The maximum atomic E-state index is 13.3. The van der Waals surface area contributed by atoms with Gasteiger partial charge in [-0.25, -0.2) is 22.8 Å². The first-order chi connectivity index (χ1) is 9.72. The zero-order valence-electron chi connectivity index (χ0n) is 9.94. The molecule has 0 aliphatic carbocycles. The molecule has 3 N–H and O–H groups in total. The minimum atomic E-state index is -4.13. The minimum Gasteiger partial charge on any atom is -0.398 e. The summed E-state index contributed by atoms with van der Waals surface area (Å²) in [4.78, 5) is 6.93. The summed E-state index contributed by atoms with van der Waals surface area (Å²) in [6.07, 6.45) is 1.04. The standard InChI is InChI=1S/C10H6BrCl2FN4O2S/c11-4-1-7(6(15)2-5(4)14)21(19,20)18-10-8(12)9(13)16-3-17-10/h1-3H,15H2,(H,16,17,18). The summed E-state index contributed by atoms with van der Waals surface area (Å²) >= 11 is 14.4. The van der Waals surface area contributed by atoms with Crippen LogP contribution in [0.2, 0.25) is 10.2 Å². The monoisotopic (exact) mass is 414 g/mol. The molecule has 0 atom stereocenters. The van der Waals surface area contributed by atoms with E-state index in [0.29, 0.717) is 0 Å². The number of anilines is 2. The van der Waals surface area contributed by atoms with Crippen LogP contribution in [0, 0.1) is 5.82 Å². The van der Waals surface area contributed by atoms with Crippen molar-refractivity contribution in [2.45, 2.75) is 4.90 Å². The SMILES string of the molecule is Nc1cc(F)c(Br)cc1S(=O)(=O)Nc1ncnc(Cl)c1Cl. The molecular weight excluding hydrogens is 410 g/mol. The molecule has 1 heterocycles. The van der Waals surface area contributed by atoms with Crippen LogP contribution in [0.5, 0.6) is 0 Å². The summed E-state index contributed by atoms with van der Waals surface area (Å²) in [5.41, 5.74) is 5.26. The van der Waals surface area contributed by atoms with Gasteiger partial charge in [-0.1, -0.05) is 23.2 Å². The van der Waals surface area contributed by atoms with Gasteiger partial charge in [0.1, 0.15) is 22.1 Å². The summed E-state index contributed by atoms with van der Waals surface area (Å²) < 4.78 is 39.9. The highest BCUT2D eigenvalue weighted by Crippen LogP contribution is 2.30. The Morgan fingerprint density at radius 2 is 1.95 bits per heavy atom. The van der Waals surface area contributed by atoms with E-state index in [0.717, 1.165) is 18.5 Å². The number of hydrogen-bond acceptors (Lipinski definition) is 5. The summed E-state index contributed by atoms with van der Waals surface area (Å²) in [6.45, 7) is 0. The number of nitrogens with one attached hydrogen (secondary N) is 1. The zero-order valence-corrected chi connectivity index (χ0v) is 13.9. The molecule has 21 heavy (non-hydrogen) atoms. The molecule has 0 radical (unpaired) electrons. The van der Waals surface area contributed by atoms with Crippen molar-refractivity contribution < 1.29 is 12.8 Å². The van der Waals surface area contributed by atoms with E-state index in [1.54, 1.807) is 0 Å². The second kappa shape index (κ2) is 5.91. The molecule has 0 spiro atoms. The van der Waals surface area contributed by atoms with E-state index < -0.39 is 15.8 Å². The van der Waals surface area contributed by atoms with Gasteiger partial charge in [0, 0.05) is 0 Å². The van der Waals surface area contributed by atoms with Gasteiger partial charge in [0.2, 0.25) is 0 Å². The molecule has 0 aliphatic heterocycles. The van der Waals surface area contributed by atoms with E-state index in [2.05, 4.69) is 30.6 Å². The lowest BCUT2D eigenvalue weighted by molar-refractivity contribution is 0.599. The van der Waals surface area contributed by atoms with Crippen LogP contribution in [0.1, 0.15) is 0 Å². The van der Waals surface area contributed by atoms with Crippen molar-refractivity contribution in [3.05, 3.63) is 38.9 Å². The largest absolute Gasteiger partial charge is 0.398 e. The first-order valence-corrected chi connectivity index (χ1v) is 8.19. The maximum Gasteiger partial charge on any atom is 0.265 e.